The Morgan fingerprint density at radius 2 is 2.41 bits per heavy atom. The van der Waals surface area contributed by atoms with Gasteiger partial charge in [-0.2, -0.15) is 5.10 Å². The minimum Gasteiger partial charge on any atom is -0.378 e. The largest absolute Gasteiger partial charge is 0.378 e. The van der Waals surface area contributed by atoms with Crippen molar-refractivity contribution in [1.29, 1.82) is 0 Å². The number of aromatic nitrogens is 2. The topological polar surface area (TPSA) is 27.1 Å². The Hall–Kier alpha value is -0.350. The molecular formula is C13H21BrN2O. The van der Waals surface area contributed by atoms with E-state index in [0.29, 0.717) is 6.10 Å². The van der Waals surface area contributed by atoms with Gasteiger partial charge in [0.15, 0.2) is 0 Å². The van der Waals surface area contributed by atoms with Crippen LogP contribution in [0.4, 0.5) is 0 Å². The van der Waals surface area contributed by atoms with E-state index in [-0.39, 0.29) is 5.41 Å². The van der Waals surface area contributed by atoms with Crippen LogP contribution < -0.4 is 0 Å². The summed E-state index contributed by atoms with van der Waals surface area (Å²) >= 11 is 3.67. The predicted molar refractivity (Wildman–Crippen MR) is 72.5 cm³/mol. The highest BCUT2D eigenvalue weighted by molar-refractivity contribution is 9.09. The quantitative estimate of drug-likeness (QED) is 0.800. The molecule has 0 amide bonds. The van der Waals surface area contributed by atoms with Gasteiger partial charge in [-0.25, -0.2) is 0 Å². The molecule has 2 rings (SSSR count). The van der Waals surface area contributed by atoms with E-state index in [1.54, 1.807) is 0 Å². The lowest BCUT2D eigenvalue weighted by Crippen LogP contribution is -2.33. The summed E-state index contributed by atoms with van der Waals surface area (Å²) in [6.45, 7) is 5.21. The second kappa shape index (κ2) is 5.11. The molecule has 0 aromatic carbocycles. The highest BCUT2D eigenvalue weighted by Gasteiger charge is 2.41. The number of hydrogen-bond donors (Lipinski definition) is 0. The Kier molecular flexibility index (Phi) is 3.93. The lowest BCUT2D eigenvalue weighted by atomic mass is 9.79. The number of ether oxygens (including phenoxy) is 1. The molecular weight excluding hydrogens is 280 g/mol. The number of rotatable bonds is 4. The van der Waals surface area contributed by atoms with Gasteiger partial charge in [0.25, 0.3) is 0 Å². The van der Waals surface area contributed by atoms with Gasteiger partial charge < -0.3 is 4.74 Å². The molecule has 1 aromatic rings. The van der Waals surface area contributed by atoms with Crippen molar-refractivity contribution in [1.82, 2.24) is 9.78 Å². The number of aryl methyl sites for hydroxylation is 2. The van der Waals surface area contributed by atoms with Gasteiger partial charge in [0.05, 0.1) is 11.8 Å². The average Bonchev–Trinajstić information content (AvgIpc) is 2.85. The Morgan fingerprint density at radius 3 is 2.88 bits per heavy atom. The Balaban J connectivity index is 2.20. The minimum absolute atomic E-state index is 0.235. The molecule has 0 radical (unpaired) electrons. The molecule has 17 heavy (non-hydrogen) atoms. The van der Waals surface area contributed by atoms with Gasteiger partial charge in [0.1, 0.15) is 0 Å². The van der Waals surface area contributed by atoms with Crippen LogP contribution >= 0.6 is 15.9 Å². The van der Waals surface area contributed by atoms with Crippen LogP contribution in [-0.4, -0.2) is 27.8 Å². The van der Waals surface area contributed by atoms with Gasteiger partial charge in [0, 0.05) is 30.1 Å². The molecule has 96 valence electrons. The first kappa shape index (κ1) is 13.1. The van der Waals surface area contributed by atoms with Crippen LogP contribution in [0.5, 0.6) is 0 Å². The van der Waals surface area contributed by atoms with Crippen molar-refractivity contribution >= 4 is 15.9 Å². The summed E-state index contributed by atoms with van der Waals surface area (Å²) in [7, 11) is 2.04. The molecule has 0 spiro atoms. The number of alkyl halides is 1. The van der Waals surface area contributed by atoms with E-state index in [2.05, 4.69) is 40.9 Å². The smallest absolute Gasteiger partial charge is 0.0624 e. The average molecular weight is 301 g/mol. The zero-order chi connectivity index (χ0) is 12.5. The maximum atomic E-state index is 5.75. The molecule has 2 heterocycles. The fourth-order valence-corrected chi connectivity index (χ4v) is 3.48. The van der Waals surface area contributed by atoms with Crippen LogP contribution in [0.1, 0.15) is 31.7 Å². The molecule has 4 heteroatoms. The highest BCUT2D eigenvalue weighted by Crippen LogP contribution is 2.39. The molecule has 1 saturated heterocycles. The Morgan fingerprint density at radius 1 is 1.65 bits per heavy atom. The van der Waals surface area contributed by atoms with Gasteiger partial charge in [0.2, 0.25) is 0 Å². The number of nitrogens with zero attached hydrogens (tertiary/aromatic N) is 2. The molecule has 3 nitrogen and oxygen atoms in total. The van der Waals surface area contributed by atoms with Gasteiger partial charge in [-0.1, -0.05) is 22.9 Å². The lowest BCUT2D eigenvalue weighted by Gasteiger charge is -2.30. The second-order valence-electron chi connectivity index (χ2n) is 5.04. The van der Waals surface area contributed by atoms with Crippen LogP contribution in [0.3, 0.4) is 0 Å². The third-order valence-corrected chi connectivity index (χ3v) is 5.14. The molecule has 0 saturated carbocycles. The zero-order valence-electron chi connectivity index (χ0n) is 10.9. The van der Waals surface area contributed by atoms with Crippen molar-refractivity contribution in [3.05, 3.63) is 17.5 Å². The van der Waals surface area contributed by atoms with Crippen LogP contribution in [-0.2, 0) is 24.6 Å². The molecule has 0 aliphatic carbocycles. The predicted octanol–water partition coefficient (Wildman–Crippen LogP) is 2.72. The molecule has 1 fully saturated rings. The molecule has 0 N–H and O–H groups in total. The van der Waals surface area contributed by atoms with Crippen molar-refractivity contribution < 1.29 is 4.74 Å². The van der Waals surface area contributed by atoms with Gasteiger partial charge in [-0.05, 0) is 32.3 Å². The molecule has 2 atom stereocenters. The van der Waals surface area contributed by atoms with Crippen LogP contribution in [0.15, 0.2) is 6.07 Å². The zero-order valence-corrected chi connectivity index (χ0v) is 12.5. The minimum atomic E-state index is 0.235. The Labute approximate surface area is 112 Å². The van der Waals surface area contributed by atoms with Crippen molar-refractivity contribution in [2.24, 2.45) is 12.5 Å². The van der Waals surface area contributed by atoms with Gasteiger partial charge in [-0.15, -0.1) is 0 Å². The molecule has 1 aliphatic heterocycles. The summed E-state index contributed by atoms with van der Waals surface area (Å²) in [6.07, 6.45) is 3.50. The van der Waals surface area contributed by atoms with Gasteiger partial charge >= 0.3 is 0 Å². The summed E-state index contributed by atoms with van der Waals surface area (Å²) in [5.41, 5.74) is 2.73. The first-order valence-corrected chi connectivity index (χ1v) is 7.43. The fourth-order valence-electron chi connectivity index (χ4n) is 2.54. The lowest BCUT2D eigenvalue weighted by molar-refractivity contribution is 0.0738. The third kappa shape index (κ3) is 2.43. The van der Waals surface area contributed by atoms with E-state index in [1.165, 1.54) is 11.4 Å². The first-order valence-electron chi connectivity index (χ1n) is 6.30. The molecule has 1 aromatic heterocycles. The van der Waals surface area contributed by atoms with E-state index in [0.717, 1.165) is 31.2 Å². The maximum Gasteiger partial charge on any atom is 0.0624 e. The van der Waals surface area contributed by atoms with Crippen molar-refractivity contribution in [3.8, 4) is 0 Å². The summed E-state index contributed by atoms with van der Waals surface area (Å²) in [4.78, 5) is 0. The first-order chi connectivity index (χ1) is 8.11. The van der Waals surface area contributed by atoms with E-state index in [9.17, 15) is 0 Å². The van der Waals surface area contributed by atoms with Crippen LogP contribution in [0, 0.1) is 5.41 Å². The monoisotopic (exact) mass is 300 g/mol. The summed E-state index contributed by atoms with van der Waals surface area (Å²) in [5.74, 6) is 0. The van der Waals surface area contributed by atoms with Crippen molar-refractivity contribution in [2.75, 3.05) is 11.9 Å². The Bertz CT molecular complexity index is 391. The van der Waals surface area contributed by atoms with E-state index < -0.39 is 0 Å². The van der Waals surface area contributed by atoms with Crippen LogP contribution in [0.25, 0.3) is 0 Å². The van der Waals surface area contributed by atoms with E-state index in [4.69, 9.17) is 4.74 Å². The molecule has 1 aliphatic rings. The standard InChI is InChI=1S/C13H21BrN2O/c1-4-11-7-12(16(3)15-11)8-13(9-14)5-6-17-10(13)2/h7,10H,4-6,8-9H2,1-3H3. The third-order valence-electron chi connectivity index (χ3n) is 4.02. The van der Waals surface area contributed by atoms with Gasteiger partial charge in [-0.3, -0.25) is 4.68 Å². The summed E-state index contributed by atoms with van der Waals surface area (Å²) in [5, 5.41) is 5.52. The van der Waals surface area contributed by atoms with Crippen molar-refractivity contribution in [3.63, 3.8) is 0 Å². The normalized spacial score (nSPS) is 28.8. The molecule has 0 bridgehead atoms. The SMILES string of the molecule is CCc1cc(CC2(CBr)CCOC2C)n(C)n1. The second-order valence-corrected chi connectivity index (χ2v) is 5.60. The maximum absolute atomic E-state index is 5.75. The summed E-state index contributed by atoms with van der Waals surface area (Å²) in [6, 6.07) is 2.23. The van der Waals surface area contributed by atoms with E-state index in [1.807, 2.05) is 11.7 Å². The van der Waals surface area contributed by atoms with Crippen LogP contribution in [0.2, 0.25) is 0 Å². The highest BCUT2D eigenvalue weighted by atomic mass is 79.9. The van der Waals surface area contributed by atoms with E-state index >= 15 is 0 Å². The fraction of sp³-hybridized carbons (Fsp3) is 0.769. The number of halogens is 1. The molecule has 2 unspecified atom stereocenters. The number of hydrogen-bond acceptors (Lipinski definition) is 2. The van der Waals surface area contributed by atoms with Crippen molar-refractivity contribution in [2.45, 2.75) is 39.2 Å². The summed E-state index contributed by atoms with van der Waals surface area (Å²) < 4.78 is 7.77.